The van der Waals surface area contributed by atoms with Crippen LogP contribution < -0.4 is 5.32 Å². The Balaban J connectivity index is 1.84. The normalized spacial score (nSPS) is 29.4. The summed E-state index contributed by atoms with van der Waals surface area (Å²) < 4.78 is 0. The summed E-state index contributed by atoms with van der Waals surface area (Å²) in [5.74, 6) is 0.401. The second-order valence-corrected chi connectivity index (χ2v) is 4.41. The third-order valence-electron chi connectivity index (χ3n) is 3.48. The van der Waals surface area contributed by atoms with E-state index in [1.165, 1.54) is 0 Å². The molecule has 0 aliphatic carbocycles. The molecule has 2 atom stereocenters. The standard InChI is InChI=1S/C10H17N5O/c11-14-13-4-2-6-15-5-1-3-8-9(15)7-12-10(8)16/h8-9H,1-7H2,(H,12,16). The number of amides is 1. The summed E-state index contributed by atoms with van der Waals surface area (Å²) in [6, 6.07) is 0.368. The maximum Gasteiger partial charge on any atom is 0.224 e. The summed E-state index contributed by atoms with van der Waals surface area (Å²) in [4.78, 5) is 16.6. The minimum atomic E-state index is 0.188. The number of rotatable bonds is 4. The minimum absolute atomic E-state index is 0.188. The molecule has 2 unspecified atom stereocenters. The molecule has 6 nitrogen and oxygen atoms in total. The van der Waals surface area contributed by atoms with Gasteiger partial charge in [-0.2, -0.15) is 0 Å². The lowest BCUT2D eigenvalue weighted by Gasteiger charge is -2.35. The highest BCUT2D eigenvalue weighted by molar-refractivity contribution is 5.82. The Labute approximate surface area is 94.6 Å². The molecule has 16 heavy (non-hydrogen) atoms. The highest BCUT2D eigenvalue weighted by Crippen LogP contribution is 2.27. The van der Waals surface area contributed by atoms with Crippen LogP contribution >= 0.6 is 0 Å². The van der Waals surface area contributed by atoms with Crippen LogP contribution in [0.1, 0.15) is 19.3 Å². The molecule has 2 heterocycles. The van der Waals surface area contributed by atoms with Gasteiger partial charge in [0, 0.05) is 24.0 Å². The summed E-state index contributed by atoms with van der Waals surface area (Å²) in [6.45, 7) is 3.32. The first-order chi connectivity index (χ1) is 7.83. The number of hydrogen-bond acceptors (Lipinski definition) is 3. The van der Waals surface area contributed by atoms with Crippen molar-refractivity contribution in [1.29, 1.82) is 0 Å². The van der Waals surface area contributed by atoms with E-state index in [1.54, 1.807) is 0 Å². The lowest BCUT2D eigenvalue weighted by atomic mass is 9.91. The zero-order valence-electron chi connectivity index (χ0n) is 9.30. The molecule has 0 aromatic carbocycles. The zero-order valence-corrected chi connectivity index (χ0v) is 9.30. The predicted octanol–water partition coefficient (Wildman–Crippen LogP) is 0.897. The fraction of sp³-hybridized carbons (Fsp3) is 0.900. The highest BCUT2D eigenvalue weighted by Gasteiger charge is 2.40. The van der Waals surface area contributed by atoms with Crippen molar-refractivity contribution in [1.82, 2.24) is 10.2 Å². The Kier molecular flexibility index (Phi) is 3.64. The number of nitrogens with zero attached hydrogens (tertiary/aromatic N) is 4. The molecule has 2 fully saturated rings. The van der Waals surface area contributed by atoms with E-state index < -0.39 is 0 Å². The van der Waals surface area contributed by atoms with Crippen LogP contribution in [0.4, 0.5) is 0 Å². The van der Waals surface area contributed by atoms with E-state index in [1.807, 2.05) is 0 Å². The van der Waals surface area contributed by atoms with E-state index in [9.17, 15) is 4.79 Å². The van der Waals surface area contributed by atoms with Crippen LogP contribution in [-0.4, -0.2) is 43.0 Å². The van der Waals surface area contributed by atoms with Crippen molar-refractivity contribution in [3.63, 3.8) is 0 Å². The number of likely N-dealkylation sites (tertiary alicyclic amines) is 1. The zero-order chi connectivity index (χ0) is 11.4. The van der Waals surface area contributed by atoms with Crippen LogP contribution in [0.15, 0.2) is 5.11 Å². The van der Waals surface area contributed by atoms with Gasteiger partial charge in [-0.15, -0.1) is 0 Å². The Hall–Kier alpha value is -1.26. The van der Waals surface area contributed by atoms with Crippen LogP contribution in [0.3, 0.4) is 0 Å². The Morgan fingerprint density at radius 1 is 1.62 bits per heavy atom. The number of hydrogen-bond donors (Lipinski definition) is 1. The highest BCUT2D eigenvalue weighted by atomic mass is 16.2. The van der Waals surface area contributed by atoms with Crippen molar-refractivity contribution in [3.8, 4) is 0 Å². The molecule has 1 N–H and O–H groups in total. The third kappa shape index (κ3) is 2.28. The largest absolute Gasteiger partial charge is 0.354 e. The quantitative estimate of drug-likeness (QED) is 0.332. The first-order valence-corrected chi connectivity index (χ1v) is 5.85. The second-order valence-electron chi connectivity index (χ2n) is 4.41. The first kappa shape index (κ1) is 11.2. The molecule has 0 saturated carbocycles. The minimum Gasteiger partial charge on any atom is -0.354 e. The fourth-order valence-corrected chi connectivity index (χ4v) is 2.71. The molecule has 0 bridgehead atoms. The third-order valence-corrected chi connectivity index (χ3v) is 3.48. The molecule has 2 aliphatic rings. The SMILES string of the molecule is [N-]=[N+]=NCCCN1CCCC2C(=O)NCC21. The van der Waals surface area contributed by atoms with Gasteiger partial charge in [-0.1, -0.05) is 5.11 Å². The van der Waals surface area contributed by atoms with Gasteiger partial charge in [0.2, 0.25) is 5.91 Å². The fourth-order valence-electron chi connectivity index (χ4n) is 2.71. The van der Waals surface area contributed by atoms with E-state index in [0.717, 1.165) is 38.9 Å². The number of azide groups is 1. The smallest absolute Gasteiger partial charge is 0.224 e. The second kappa shape index (κ2) is 5.18. The molecular weight excluding hydrogens is 206 g/mol. The van der Waals surface area contributed by atoms with Crippen LogP contribution in [0.25, 0.3) is 10.4 Å². The van der Waals surface area contributed by atoms with E-state index >= 15 is 0 Å². The van der Waals surface area contributed by atoms with E-state index in [2.05, 4.69) is 20.2 Å². The van der Waals surface area contributed by atoms with Crippen LogP contribution in [0.2, 0.25) is 0 Å². The molecule has 2 rings (SSSR count). The van der Waals surface area contributed by atoms with Gasteiger partial charge >= 0.3 is 0 Å². The van der Waals surface area contributed by atoms with Crippen LogP contribution in [0.5, 0.6) is 0 Å². The summed E-state index contributed by atoms with van der Waals surface area (Å²) in [5.41, 5.74) is 8.18. The monoisotopic (exact) mass is 223 g/mol. The van der Waals surface area contributed by atoms with E-state index in [4.69, 9.17) is 5.53 Å². The topological polar surface area (TPSA) is 81.1 Å². The average Bonchev–Trinajstić information content (AvgIpc) is 2.68. The van der Waals surface area contributed by atoms with Crippen molar-refractivity contribution >= 4 is 5.91 Å². The van der Waals surface area contributed by atoms with Crippen molar-refractivity contribution in [2.45, 2.75) is 25.3 Å². The van der Waals surface area contributed by atoms with Gasteiger partial charge in [0.05, 0.1) is 5.92 Å². The number of nitrogens with one attached hydrogen (secondary N) is 1. The maximum absolute atomic E-state index is 11.5. The Bertz CT molecular complexity index is 312. The van der Waals surface area contributed by atoms with Gasteiger partial charge in [0.15, 0.2) is 0 Å². The van der Waals surface area contributed by atoms with Gasteiger partial charge in [-0.05, 0) is 37.9 Å². The number of fused-ring (bicyclic) bond motifs is 1. The summed E-state index contributed by atoms with van der Waals surface area (Å²) in [7, 11) is 0. The lowest BCUT2D eigenvalue weighted by Crippen LogP contribution is -2.45. The van der Waals surface area contributed by atoms with Gasteiger partial charge in [0.25, 0.3) is 0 Å². The molecular formula is C10H17N5O. The van der Waals surface area contributed by atoms with Crippen molar-refractivity contribution < 1.29 is 4.79 Å². The van der Waals surface area contributed by atoms with Gasteiger partial charge < -0.3 is 5.32 Å². The maximum atomic E-state index is 11.5. The summed E-state index contributed by atoms with van der Waals surface area (Å²) >= 11 is 0. The predicted molar refractivity (Wildman–Crippen MR) is 59.7 cm³/mol. The first-order valence-electron chi connectivity index (χ1n) is 5.85. The van der Waals surface area contributed by atoms with Crippen molar-refractivity contribution in [2.75, 3.05) is 26.2 Å². The van der Waals surface area contributed by atoms with Crippen molar-refractivity contribution in [3.05, 3.63) is 10.4 Å². The van der Waals surface area contributed by atoms with Gasteiger partial charge in [-0.25, -0.2) is 0 Å². The summed E-state index contributed by atoms with van der Waals surface area (Å²) in [6.07, 6.45) is 2.99. The molecule has 0 aromatic rings. The molecule has 2 saturated heterocycles. The van der Waals surface area contributed by atoms with E-state index in [0.29, 0.717) is 12.6 Å². The molecule has 88 valence electrons. The number of piperidine rings is 1. The molecule has 6 heteroatoms. The Morgan fingerprint density at radius 3 is 3.31 bits per heavy atom. The van der Waals surface area contributed by atoms with Gasteiger partial charge in [0.1, 0.15) is 0 Å². The average molecular weight is 223 g/mol. The molecule has 0 spiro atoms. The molecule has 2 aliphatic heterocycles. The lowest BCUT2D eigenvalue weighted by molar-refractivity contribution is -0.124. The van der Waals surface area contributed by atoms with Crippen molar-refractivity contribution in [2.24, 2.45) is 11.0 Å². The van der Waals surface area contributed by atoms with Crippen LogP contribution in [0, 0.1) is 5.92 Å². The number of carbonyl (C=O) groups is 1. The molecule has 0 radical (unpaired) electrons. The Morgan fingerprint density at radius 2 is 2.50 bits per heavy atom. The van der Waals surface area contributed by atoms with Gasteiger partial charge in [-0.3, -0.25) is 9.69 Å². The van der Waals surface area contributed by atoms with Crippen LogP contribution in [-0.2, 0) is 4.79 Å². The number of carbonyl (C=O) groups excluding carboxylic acids is 1. The molecule has 1 amide bonds. The van der Waals surface area contributed by atoms with E-state index in [-0.39, 0.29) is 11.8 Å². The molecule has 0 aromatic heterocycles. The summed E-state index contributed by atoms with van der Waals surface area (Å²) in [5, 5.41) is 6.46.